The van der Waals surface area contributed by atoms with Gasteiger partial charge in [-0.3, -0.25) is 0 Å². The van der Waals surface area contributed by atoms with Crippen LogP contribution in [0.5, 0.6) is 0 Å². The quantitative estimate of drug-likeness (QED) is 0.568. The van der Waals surface area contributed by atoms with E-state index in [9.17, 15) is 0 Å². The van der Waals surface area contributed by atoms with E-state index in [2.05, 4.69) is 29.4 Å². The van der Waals surface area contributed by atoms with Crippen molar-refractivity contribution in [2.45, 2.75) is 18.9 Å². The lowest BCUT2D eigenvalue weighted by molar-refractivity contribution is 0.747. The molecule has 0 bridgehead atoms. The first kappa shape index (κ1) is 7.24. The van der Waals surface area contributed by atoms with E-state index in [0.29, 0.717) is 0 Å². The Kier molecular flexibility index (Phi) is 1.75. The average Bonchev–Trinajstić information content (AvgIpc) is 2.17. The molecule has 1 aliphatic rings. The van der Waals surface area contributed by atoms with Gasteiger partial charge in [-0.15, -0.1) is 6.42 Å². The van der Waals surface area contributed by atoms with Gasteiger partial charge in [0.1, 0.15) is 0 Å². The zero-order valence-electron chi connectivity index (χ0n) is 6.88. The third-order valence-electron chi connectivity index (χ3n) is 2.25. The minimum atomic E-state index is 0.222. The lowest BCUT2D eigenvalue weighted by Crippen LogP contribution is -2.23. The van der Waals surface area contributed by atoms with Crippen molar-refractivity contribution in [3.63, 3.8) is 0 Å². The molecule has 1 unspecified atom stereocenters. The van der Waals surface area contributed by atoms with Crippen molar-refractivity contribution in [2.75, 3.05) is 5.32 Å². The first-order chi connectivity index (χ1) is 5.90. The highest BCUT2D eigenvalue weighted by atomic mass is 14.9. The van der Waals surface area contributed by atoms with Crippen LogP contribution < -0.4 is 5.32 Å². The van der Waals surface area contributed by atoms with Crippen LogP contribution in [0.25, 0.3) is 0 Å². The summed E-state index contributed by atoms with van der Waals surface area (Å²) in [7, 11) is 0. The molecule has 1 aromatic rings. The van der Waals surface area contributed by atoms with Crippen molar-refractivity contribution in [1.29, 1.82) is 0 Å². The van der Waals surface area contributed by atoms with Gasteiger partial charge in [0.25, 0.3) is 0 Å². The zero-order valence-corrected chi connectivity index (χ0v) is 6.88. The number of terminal acetylenes is 1. The zero-order chi connectivity index (χ0) is 8.39. The second-order valence-electron chi connectivity index (χ2n) is 3.06. The molecule has 1 N–H and O–H groups in total. The highest BCUT2D eigenvalue weighted by Crippen LogP contribution is 2.23. The average molecular weight is 157 g/mol. The molecule has 0 radical (unpaired) electrons. The smallest absolute Gasteiger partial charge is 0.0877 e. The van der Waals surface area contributed by atoms with Gasteiger partial charge in [-0.1, -0.05) is 24.1 Å². The Bertz CT molecular complexity index is 322. The fourth-order valence-corrected chi connectivity index (χ4v) is 1.56. The molecule has 1 heterocycles. The molecule has 1 heteroatoms. The molecule has 0 amide bonds. The van der Waals surface area contributed by atoms with Crippen molar-refractivity contribution in [3.8, 4) is 12.3 Å². The fourth-order valence-electron chi connectivity index (χ4n) is 1.56. The van der Waals surface area contributed by atoms with Crippen molar-refractivity contribution in [3.05, 3.63) is 29.8 Å². The molecule has 0 aliphatic carbocycles. The Morgan fingerprint density at radius 1 is 1.42 bits per heavy atom. The fraction of sp³-hybridized carbons (Fsp3) is 0.273. The van der Waals surface area contributed by atoms with Gasteiger partial charge in [-0.2, -0.15) is 0 Å². The molecule has 0 spiro atoms. The first-order valence-electron chi connectivity index (χ1n) is 4.21. The van der Waals surface area contributed by atoms with Crippen LogP contribution in [0.3, 0.4) is 0 Å². The molecular weight excluding hydrogens is 146 g/mol. The summed E-state index contributed by atoms with van der Waals surface area (Å²) in [6.07, 6.45) is 7.49. The minimum Gasteiger partial charge on any atom is -0.371 e. The Labute approximate surface area is 72.8 Å². The van der Waals surface area contributed by atoms with Crippen molar-refractivity contribution in [2.24, 2.45) is 0 Å². The summed E-state index contributed by atoms with van der Waals surface area (Å²) in [5.74, 6) is 2.73. The van der Waals surface area contributed by atoms with Gasteiger partial charge in [-0.05, 0) is 24.5 Å². The number of aryl methyl sites for hydroxylation is 1. The van der Waals surface area contributed by atoms with Gasteiger partial charge in [0, 0.05) is 5.69 Å². The number of para-hydroxylation sites is 1. The SMILES string of the molecule is C#CC1CCc2ccccc2N1. The van der Waals surface area contributed by atoms with E-state index in [0.717, 1.165) is 12.8 Å². The third-order valence-corrected chi connectivity index (χ3v) is 2.25. The molecule has 1 nitrogen and oxygen atoms in total. The van der Waals surface area contributed by atoms with Gasteiger partial charge in [0.15, 0.2) is 0 Å². The summed E-state index contributed by atoms with van der Waals surface area (Å²) in [4.78, 5) is 0. The number of hydrogen-bond donors (Lipinski definition) is 1. The van der Waals surface area contributed by atoms with E-state index in [-0.39, 0.29) is 6.04 Å². The maximum Gasteiger partial charge on any atom is 0.0877 e. The van der Waals surface area contributed by atoms with Crippen molar-refractivity contribution in [1.82, 2.24) is 0 Å². The second kappa shape index (κ2) is 2.91. The van der Waals surface area contributed by atoms with Crippen LogP contribution >= 0.6 is 0 Å². The van der Waals surface area contributed by atoms with Crippen LogP contribution in [0.15, 0.2) is 24.3 Å². The van der Waals surface area contributed by atoms with Gasteiger partial charge in [-0.25, -0.2) is 0 Å². The predicted molar refractivity (Wildman–Crippen MR) is 51.0 cm³/mol. The molecule has 0 saturated heterocycles. The van der Waals surface area contributed by atoms with Crippen molar-refractivity contribution >= 4 is 5.69 Å². The molecular formula is C11H11N. The number of rotatable bonds is 0. The van der Waals surface area contributed by atoms with E-state index in [1.54, 1.807) is 0 Å². The summed E-state index contributed by atoms with van der Waals surface area (Å²) >= 11 is 0. The van der Waals surface area contributed by atoms with E-state index in [1.165, 1.54) is 11.3 Å². The maximum atomic E-state index is 5.35. The Hall–Kier alpha value is -1.42. The van der Waals surface area contributed by atoms with Crippen LogP contribution in [0.4, 0.5) is 5.69 Å². The molecule has 0 fully saturated rings. The number of nitrogens with one attached hydrogen (secondary N) is 1. The Morgan fingerprint density at radius 2 is 2.25 bits per heavy atom. The minimum absolute atomic E-state index is 0.222. The lowest BCUT2D eigenvalue weighted by Gasteiger charge is -2.22. The predicted octanol–water partition coefficient (Wildman–Crippen LogP) is 2.05. The number of fused-ring (bicyclic) bond motifs is 1. The van der Waals surface area contributed by atoms with E-state index >= 15 is 0 Å². The molecule has 1 atom stereocenters. The topological polar surface area (TPSA) is 12.0 Å². The van der Waals surface area contributed by atoms with Crippen LogP contribution in [0.1, 0.15) is 12.0 Å². The van der Waals surface area contributed by atoms with Gasteiger partial charge in [0.05, 0.1) is 6.04 Å². The Morgan fingerprint density at radius 3 is 3.08 bits per heavy atom. The largest absolute Gasteiger partial charge is 0.371 e. The second-order valence-corrected chi connectivity index (χ2v) is 3.06. The summed E-state index contributed by atoms with van der Waals surface area (Å²) in [6.45, 7) is 0. The summed E-state index contributed by atoms with van der Waals surface area (Å²) < 4.78 is 0. The summed E-state index contributed by atoms with van der Waals surface area (Å²) in [5.41, 5.74) is 2.58. The van der Waals surface area contributed by atoms with Gasteiger partial charge >= 0.3 is 0 Å². The van der Waals surface area contributed by atoms with Gasteiger partial charge in [0.2, 0.25) is 0 Å². The molecule has 0 aromatic heterocycles. The van der Waals surface area contributed by atoms with E-state index in [1.807, 2.05) is 6.07 Å². The number of benzene rings is 1. The molecule has 12 heavy (non-hydrogen) atoms. The summed E-state index contributed by atoms with van der Waals surface area (Å²) in [5, 5.41) is 3.31. The Balaban J connectivity index is 2.30. The highest BCUT2D eigenvalue weighted by molar-refractivity contribution is 5.54. The highest BCUT2D eigenvalue weighted by Gasteiger charge is 2.13. The molecule has 1 aromatic carbocycles. The van der Waals surface area contributed by atoms with Crippen LogP contribution in [0, 0.1) is 12.3 Å². The third kappa shape index (κ3) is 1.16. The van der Waals surface area contributed by atoms with Crippen LogP contribution in [0.2, 0.25) is 0 Å². The summed E-state index contributed by atoms with van der Waals surface area (Å²) in [6, 6.07) is 8.55. The van der Waals surface area contributed by atoms with E-state index in [4.69, 9.17) is 6.42 Å². The number of hydrogen-bond acceptors (Lipinski definition) is 1. The molecule has 2 rings (SSSR count). The number of anilines is 1. The van der Waals surface area contributed by atoms with Crippen LogP contribution in [-0.2, 0) is 6.42 Å². The van der Waals surface area contributed by atoms with Crippen molar-refractivity contribution < 1.29 is 0 Å². The van der Waals surface area contributed by atoms with E-state index < -0.39 is 0 Å². The van der Waals surface area contributed by atoms with Gasteiger partial charge < -0.3 is 5.32 Å². The normalized spacial score (nSPS) is 20.4. The molecule has 60 valence electrons. The monoisotopic (exact) mass is 157 g/mol. The first-order valence-corrected chi connectivity index (χ1v) is 4.21. The standard InChI is InChI=1S/C11H11N/c1-2-10-8-7-9-5-3-4-6-11(9)12-10/h1,3-6,10,12H,7-8H2. The molecule has 1 aliphatic heterocycles. The van der Waals surface area contributed by atoms with Crippen LogP contribution in [-0.4, -0.2) is 6.04 Å². The molecule has 0 saturated carbocycles. The maximum absolute atomic E-state index is 5.35. The lowest BCUT2D eigenvalue weighted by atomic mass is 9.99.